The van der Waals surface area contributed by atoms with Gasteiger partial charge in [0.2, 0.25) is 0 Å². The molecule has 9 nitrogen and oxygen atoms in total. The monoisotopic (exact) mass is 391 g/mol. The molecule has 0 unspecified atom stereocenters. The summed E-state index contributed by atoms with van der Waals surface area (Å²) in [4.78, 5) is 34.1. The van der Waals surface area contributed by atoms with E-state index < -0.39 is 0 Å². The smallest absolute Gasteiger partial charge is 0.278 e. The number of amides is 1. The molecule has 0 spiro atoms. The molecule has 0 radical (unpaired) electrons. The molecule has 0 bridgehead atoms. The van der Waals surface area contributed by atoms with Gasteiger partial charge in [0.05, 0.1) is 54.2 Å². The minimum absolute atomic E-state index is 0.00716. The van der Waals surface area contributed by atoms with Crippen LogP contribution >= 0.6 is 0 Å². The summed E-state index contributed by atoms with van der Waals surface area (Å²) >= 11 is 0. The fourth-order valence-electron chi connectivity index (χ4n) is 2.74. The van der Waals surface area contributed by atoms with E-state index in [0.29, 0.717) is 28.9 Å². The van der Waals surface area contributed by atoms with Crippen molar-refractivity contribution >= 4 is 23.1 Å². The van der Waals surface area contributed by atoms with Crippen molar-refractivity contribution in [2.24, 2.45) is 0 Å². The van der Waals surface area contributed by atoms with E-state index in [1.165, 1.54) is 6.33 Å². The Bertz CT molecular complexity index is 1010. The second-order valence-electron chi connectivity index (χ2n) is 7.05. The molecule has 0 atom stereocenters. The number of rotatable bonds is 7. The highest BCUT2D eigenvalue weighted by Gasteiger charge is 2.27. The molecular formula is C20H21N7O2. The number of ether oxygens (including phenoxy) is 1. The van der Waals surface area contributed by atoms with Crippen LogP contribution in [0.15, 0.2) is 43.4 Å². The molecule has 1 aliphatic rings. The number of carbonyl (C=O) groups excluding carboxylic acids is 1. The van der Waals surface area contributed by atoms with Crippen molar-refractivity contribution in [2.75, 3.05) is 10.6 Å². The Morgan fingerprint density at radius 1 is 1.07 bits per heavy atom. The van der Waals surface area contributed by atoms with Crippen LogP contribution < -0.4 is 15.4 Å². The van der Waals surface area contributed by atoms with Crippen LogP contribution in [-0.2, 0) is 0 Å². The first-order valence-electron chi connectivity index (χ1n) is 9.40. The Kier molecular flexibility index (Phi) is 5.28. The van der Waals surface area contributed by atoms with Gasteiger partial charge in [-0.2, -0.15) is 0 Å². The molecule has 0 aliphatic heterocycles. The van der Waals surface area contributed by atoms with Crippen LogP contribution in [0.3, 0.4) is 0 Å². The molecule has 1 amide bonds. The van der Waals surface area contributed by atoms with E-state index in [4.69, 9.17) is 4.74 Å². The summed E-state index contributed by atoms with van der Waals surface area (Å²) < 4.78 is 5.64. The zero-order chi connectivity index (χ0) is 20.2. The molecule has 1 saturated carbocycles. The maximum Gasteiger partial charge on any atom is 0.278 e. The minimum Gasteiger partial charge on any atom is -0.489 e. The molecule has 1 fully saturated rings. The predicted molar refractivity (Wildman–Crippen MR) is 107 cm³/mol. The van der Waals surface area contributed by atoms with Crippen LogP contribution in [0.2, 0.25) is 0 Å². The van der Waals surface area contributed by atoms with Crippen molar-refractivity contribution in [2.45, 2.75) is 38.7 Å². The van der Waals surface area contributed by atoms with Gasteiger partial charge >= 0.3 is 0 Å². The van der Waals surface area contributed by atoms with Crippen LogP contribution in [0.5, 0.6) is 5.75 Å². The summed E-state index contributed by atoms with van der Waals surface area (Å²) in [6.45, 7) is 3.85. The molecule has 148 valence electrons. The predicted octanol–water partition coefficient (Wildman–Crippen LogP) is 3.32. The minimum atomic E-state index is -0.386. The van der Waals surface area contributed by atoms with Crippen LogP contribution in [0.1, 0.15) is 48.8 Å². The molecular weight excluding hydrogens is 370 g/mol. The molecule has 1 aliphatic carbocycles. The van der Waals surface area contributed by atoms with Crippen LogP contribution in [0.25, 0.3) is 0 Å². The normalized spacial score (nSPS) is 13.2. The second-order valence-corrected chi connectivity index (χ2v) is 7.05. The lowest BCUT2D eigenvalue weighted by atomic mass is 10.2. The number of nitrogens with zero attached hydrogens (tertiary/aromatic N) is 5. The molecule has 0 aromatic carbocycles. The van der Waals surface area contributed by atoms with Gasteiger partial charge in [0, 0.05) is 12.0 Å². The van der Waals surface area contributed by atoms with E-state index in [1.807, 2.05) is 13.8 Å². The van der Waals surface area contributed by atoms with Gasteiger partial charge in [-0.3, -0.25) is 9.78 Å². The third kappa shape index (κ3) is 4.81. The van der Waals surface area contributed by atoms with Crippen molar-refractivity contribution in [3.63, 3.8) is 0 Å². The Morgan fingerprint density at radius 2 is 1.83 bits per heavy atom. The summed E-state index contributed by atoms with van der Waals surface area (Å²) in [7, 11) is 0. The maximum absolute atomic E-state index is 13.0. The number of carbonyl (C=O) groups is 1. The van der Waals surface area contributed by atoms with Gasteiger partial charge in [-0.05, 0) is 26.7 Å². The zero-order valence-corrected chi connectivity index (χ0v) is 16.2. The molecule has 9 heteroatoms. The maximum atomic E-state index is 13.0. The van der Waals surface area contributed by atoms with Crippen molar-refractivity contribution in [1.82, 2.24) is 24.9 Å². The zero-order valence-electron chi connectivity index (χ0n) is 16.2. The Hall–Kier alpha value is -3.62. The first-order chi connectivity index (χ1) is 14.1. The van der Waals surface area contributed by atoms with Gasteiger partial charge in [0.15, 0.2) is 11.5 Å². The first-order valence-corrected chi connectivity index (χ1v) is 9.40. The van der Waals surface area contributed by atoms with Gasteiger partial charge in [0.1, 0.15) is 12.1 Å². The molecule has 3 aromatic heterocycles. The average molecular weight is 391 g/mol. The molecule has 3 aromatic rings. The van der Waals surface area contributed by atoms with E-state index in [2.05, 4.69) is 35.6 Å². The molecule has 4 rings (SSSR count). The summed E-state index contributed by atoms with van der Waals surface area (Å²) in [5.41, 5.74) is 2.15. The molecule has 0 saturated heterocycles. The van der Waals surface area contributed by atoms with Crippen LogP contribution in [-0.4, -0.2) is 36.9 Å². The van der Waals surface area contributed by atoms with Crippen molar-refractivity contribution in [1.29, 1.82) is 0 Å². The van der Waals surface area contributed by atoms with Gasteiger partial charge in [-0.1, -0.05) is 0 Å². The number of pyridine rings is 1. The summed E-state index contributed by atoms with van der Waals surface area (Å²) in [5, 5.41) is 5.89. The number of aromatic nitrogens is 5. The van der Waals surface area contributed by atoms with Crippen molar-refractivity contribution in [3.8, 4) is 5.75 Å². The van der Waals surface area contributed by atoms with Crippen molar-refractivity contribution < 1.29 is 9.53 Å². The quantitative estimate of drug-likeness (QED) is 0.630. The Labute approximate surface area is 168 Å². The van der Waals surface area contributed by atoms with E-state index >= 15 is 0 Å². The lowest BCUT2D eigenvalue weighted by molar-refractivity contribution is 0.102. The summed E-state index contributed by atoms with van der Waals surface area (Å²) in [6, 6.07) is 1.72. The largest absolute Gasteiger partial charge is 0.489 e. The molecule has 29 heavy (non-hydrogen) atoms. The number of nitrogens with one attached hydrogen (secondary N) is 2. The van der Waals surface area contributed by atoms with E-state index in [9.17, 15) is 4.79 Å². The summed E-state index contributed by atoms with van der Waals surface area (Å²) in [5.74, 6) is 0.898. The highest BCUT2D eigenvalue weighted by molar-refractivity contribution is 6.06. The van der Waals surface area contributed by atoms with Gasteiger partial charge < -0.3 is 15.4 Å². The van der Waals surface area contributed by atoms with E-state index in [1.54, 1.807) is 37.1 Å². The lowest BCUT2D eigenvalue weighted by Gasteiger charge is -2.13. The second kappa shape index (κ2) is 8.17. The van der Waals surface area contributed by atoms with Gasteiger partial charge in [-0.15, -0.1) is 0 Å². The molecule has 3 heterocycles. The number of hydrogen-bond donors (Lipinski definition) is 2. The van der Waals surface area contributed by atoms with E-state index in [0.717, 1.165) is 18.5 Å². The first kappa shape index (κ1) is 18.7. The van der Waals surface area contributed by atoms with Gasteiger partial charge in [-0.25, -0.2) is 19.9 Å². The fourth-order valence-corrected chi connectivity index (χ4v) is 2.74. The number of anilines is 3. The van der Waals surface area contributed by atoms with Crippen molar-refractivity contribution in [3.05, 3.63) is 54.8 Å². The third-order valence-electron chi connectivity index (χ3n) is 4.17. The topological polar surface area (TPSA) is 115 Å². The Morgan fingerprint density at radius 3 is 2.55 bits per heavy atom. The van der Waals surface area contributed by atoms with E-state index in [-0.39, 0.29) is 17.7 Å². The van der Waals surface area contributed by atoms with Crippen LogP contribution in [0.4, 0.5) is 17.2 Å². The number of hydrogen-bond acceptors (Lipinski definition) is 8. The highest BCUT2D eigenvalue weighted by Crippen LogP contribution is 2.39. The standard InChI is InChI=1S/C20H21N7O2/c1-12(2)29-16-5-14(6-21-9-16)26-20(28)18-19(25-15-7-22-11-23-8-15)24-10-17(27-18)13-3-4-13/h5-13H,3-4H2,1-2H3,(H,24,25)(H,26,28). The van der Waals surface area contributed by atoms with Gasteiger partial charge in [0.25, 0.3) is 5.91 Å². The SMILES string of the molecule is CC(C)Oc1cncc(NC(=O)c2nc(C3CC3)cnc2Nc2cncnc2)c1. The third-order valence-corrected chi connectivity index (χ3v) is 4.17. The lowest BCUT2D eigenvalue weighted by Crippen LogP contribution is -2.18. The fraction of sp³-hybridized carbons (Fsp3) is 0.300. The molecule has 2 N–H and O–H groups in total. The average Bonchev–Trinajstić information content (AvgIpc) is 3.54. The Balaban J connectivity index is 1.60. The summed E-state index contributed by atoms with van der Waals surface area (Å²) in [6.07, 6.45) is 11.6. The highest BCUT2D eigenvalue weighted by atomic mass is 16.5. The van der Waals surface area contributed by atoms with Crippen LogP contribution in [0, 0.1) is 0 Å².